The van der Waals surface area contributed by atoms with E-state index in [9.17, 15) is 24.3 Å². The van der Waals surface area contributed by atoms with Crippen LogP contribution in [0.2, 0.25) is 0 Å². The molecule has 3 rings (SSSR count). The van der Waals surface area contributed by atoms with Gasteiger partial charge in [0.15, 0.2) is 0 Å². The summed E-state index contributed by atoms with van der Waals surface area (Å²) in [5.74, 6) is -1.64. The average molecular weight is 657 g/mol. The highest BCUT2D eigenvalue weighted by atomic mass is 32.1. The molecule has 4 N–H and O–H groups in total. The minimum Gasteiger partial charge on any atom is -0.481 e. The average Bonchev–Trinajstić information content (AvgIpc) is 3.61. The Hall–Kier alpha value is -3.31. The highest BCUT2D eigenvalue weighted by Crippen LogP contribution is 2.29. The molecule has 2 aromatic rings. The molecule has 0 radical (unpaired) electrons. The van der Waals surface area contributed by atoms with E-state index in [1.54, 1.807) is 11.3 Å². The van der Waals surface area contributed by atoms with Crippen LogP contribution in [0.3, 0.4) is 0 Å². The first-order chi connectivity index (χ1) is 21.8. The number of benzene rings is 1. The first-order valence-corrected chi connectivity index (χ1v) is 17.5. The summed E-state index contributed by atoms with van der Waals surface area (Å²) in [4.78, 5) is 57.7. The van der Waals surface area contributed by atoms with Crippen LogP contribution in [0.4, 0.5) is 0 Å². The van der Waals surface area contributed by atoms with Crippen molar-refractivity contribution >= 4 is 35.0 Å². The van der Waals surface area contributed by atoms with Gasteiger partial charge in [-0.2, -0.15) is 0 Å². The maximum atomic E-state index is 13.9. The van der Waals surface area contributed by atoms with E-state index in [-0.39, 0.29) is 43.1 Å². The molecular formula is C35H52N4O6S. The van der Waals surface area contributed by atoms with Crippen LogP contribution in [0.15, 0.2) is 29.8 Å². The Bertz CT molecular complexity index is 1300. The van der Waals surface area contributed by atoms with Gasteiger partial charge in [0.05, 0.1) is 28.2 Å². The number of aliphatic hydroxyl groups is 1. The molecule has 0 saturated carbocycles. The maximum Gasteiger partial charge on any atom is 0.303 e. The Morgan fingerprint density at radius 2 is 1.54 bits per heavy atom. The fourth-order valence-corrected chi connectivity index (χ4v) is 6.68. The predicted molar refractivity (Wildman–Crippen MR) is 180 cm³/mol. The molecule has 46 heavy (non-hydrogen) atoms. The molecule has 1 aliphatic heterocycles. The van der Waals surface area contributed by atoms with E-state index in [4.69, 9.17) is 5.11 Å². The summed E-state index contributed by atoms with van der Waals surface area (Å²) < 4.78 is 0. The summed E-state index contributed by atoms with van der Waals surface area (Å²) in [6.45, 7) is 9.55. The number of nitrogens with zero attached hydrogens (tertiary/aromatic N) is 2. The second-order valence-electron chi connectivity index (χ2n) is 13.6. The monoisotopic (exact) mass is 656 g/mol. The number of thiazole rings is 1. The molecule has 11 heteroatoms. The summed E-state index contributed by atoms with van der Waals surface area (Å²) in [6.07, 6.45) is 7.24. The first kappa shape index (κ1) is 37.2. The van der Waals surface area contributed by atoms with Crippen molar-refractivity contribution in [2.75, 3.05) is 6.54 Å². The molecule has 10 nitrogen and oxygen atoms in total. The lowest BCUT2D eigenvalue weighted by Gasteiger charge is -2.35. The summed E-state index contributed by atoms with van der Waals surface area (Å²) in [6, 6.07) is 5.98. The highest BCUT2D eigenvalue weighted by Gasteiger charge is 2.44. The Morgan fingerprint density at radius 3 is 2.09 bits per heavy atom. The Balaban J connectivity index is 1.51. The topological polar surface area (TPSA) is 149 Å². The Labute approximate surface area is 277 Å². The standard InChI is InChI=1S/C35H52N4O6S/c1-23(25-16-18-26(19-17-25)31-24(2)36-22-46-31)37-33(44)28-20-27(40)21-39(28)34(45)32(35(3,4)5)38-29(41)14-12-10-8-6-7-9-11-13-15-30(42)43/h16-19,22-23,27-28,32,40H,6-15,20-21H2,1-5H3,(H,37,44)(H,38,41)(H,42,43)/t23-,27+,28-,32?/m0/s1. The lowest BCUT2D eigenvalue weighted by atomic mass is 9.85. The van der Waals surface area contributed by atoms with Gasteiger partial charge in [0.2, 0.25) is 17.7 Å². The number of nitrogens with one attached hydrogen (secondary N) is 2. The van der Waals surface area contributed by atoms with Crippen molar-refractivity contribution in [2.45, 2.75) is 129 Å². The zero-order valence-corrected chi connectivity index (χ0v) is 28.8. The molecule has 0 spiro atoms. The summed E-state index contributed by atoms with van der Waals surface area (Å²) in [5, 5.41) is 25.2. The molecule has 0 bridgehead atoms. The second-order valence-corrected chi connectivity index (χ2v) is 14.5. The smallest absolute Gasteiger partial charge is 0.303 e. The number of aliphatic carboxylic acids is 1. The number of carboxylic acid groups (broad SMARTS) is 1. The van der Waals surface area contributed by atoms with Crippen LogP contribution in [0.1, 0.15) is 116 Å². The SMILES string of the molecule is Cc1ncsc1-c1ccc([C@H](C)NC(=O)[C@@H]2C[C@@H](O)CN2C(=O)C(NC(=O)CCCCCCCCCCC(=O)O)C(C)(C)C)cc1. The number of hydrogen-bond acceptors (Lipinski definition) is 7. The van der Waals surface area contributed by atoms with Gasteiger partial charge in [-0.05, 0) is 43.2 Å². The summed E-state index contributed by atoms with van der Waals surface area (Å²) in [5.41, 5.74) is 4.18. The van der Waals surface area contributed by atoms with E-state index < -0.39 is 29.6 Å². The van der Waals surface area contributed by atoms with Crippen molar-refractivity contribution in [3.8, 4) is 10.4 Å². The van der Waals surface area contributed by atoms with Gasteiger partial charge in [-0.25, -0.2) is 4.98 Å². The fraction of sp³-hybridized carbons (Fsp3) is 0.629. The lowest BCUT2D eigenvalue weighted by molar-refractivity contribution is -0.144. The molecule has 1 aromatic carbocycles. The number of carbonyl (C=O) groups excluding carboxylic acids is 3. The first-order valence-electron chi connectivity index (χ1n) is 16.6. The van der Waals surface area contributed by atoms with Crippen molar-refractivity contribution in [3.05, 3.63) is 41.0 Å². The second kappa shape index (κ2) is 17.6. The van der Waals surface area contributed by atoms with E-state index in [1.165, 1.54) is 4.90 Å². The number of likely N-dealkylation sites (tertiary alicyclic amines) is 1. The summed E-state index contributed by atoms with van der Waals surface area (Å²) in [7, 11) is 0. The van der Waals surface area contributed by atoms with E-state index in [1.807, 2.05) is 64.4 Å². The number of aliphatic hydroxyl groups excluding tert-OH is 1. The van der Waals surface area contributed by atoms with Crippen LogP contribution < -0.4 is 10.6 Å². The lowest BCUT2D eigenvalue weighted by Crippen LogP contribution is -2.57. The number of carboxylic acids is 1. The van der Waals surface area contributed by atoms with Gasteiger partial charge in [-0.1, -0.05) is 83.6 Å². The third-order valence-electron chi connectivity index (χ3n) is 8.60. The molecule has 1 unspecified atom stereocenters. The third kappa shape index (κ3) is 11.2. The predicted octanol–water partition coefficient (Wildman–Crippen LogP) is 5.77. The highest BCUT2D eigenvalue weighted by molar-refractivity contribution is 7.13. The number of amides is 3. The van der Waals surface area contributed by atoms with Crippen molar-refractivity contribution in [1.29, 1.82) is 0 Å². The molecule has 1 aromatic heterocycles. The minimum atomic E-state index is -0.841. The van der Waals surface area contributed by atoms with Crippen LogP contribution in [-0.2, 0) is 19.2 Å². The van der Waals surface area contributed by atoms with Crippen molar-refractivity contribution < 1.29 is 29.4 Å². The summed E-state index contributed by atoms with van der Waals surface area (Å²) >= 11 is 1.58. The van der Waals surface area contributed by atoms with E-state index >= 15 is 0 Å². The Kier molecular flexibility index (Phi) is 14.2. The van der Waals surface area contributed by atoms with Crippen LogP contribution in [0.25, 0.3) is 10.4 Å². The van der Waals surface area contributed by atoms with Gasteiger partial charge in [0.25, 0.3) is 0 Å². The van der Waals surface area contributed by atoms with Crippen molar-refractivity contribution in [3.63, 3.8) is 0 Å². The molecule has 0 aliphatic carbocycles. The Morgan fingerprint density at radius 1 is 0.957 bits per heavy atom. The molecule has 1 saturated heterocycles. The molecule has 1 aliphatic rings. The normalized spacial score (nSPS) is 17.8. The number of carbonyl (C=O) groups is 4. The fourth-order valence-electron chi connectivity index (χ4n) is 5.87. The number of unbranched alkanes of at least 4 members (excludes halogenated alkanes) is 7. The third-order valence-corrected chi connectivity index (χ3v) is 9.58. The van der Waals surface area contributed by atoms with E-state index in [2.05, 4.69) is 15.6 Å². The van der Waals surface area contributed by atoms with Crippen LogP contribution in [-0.4, -0.2) is 68.5 Å². The zero-order valence-electron chi connectivity index (χ0n) is 28.0. The molecule has 254 valence electrons. The van der Waals surface area contributed by atoms with Gasteiger partial charge < -0.3 is 25.7 Å². The molecule has 1 fully saturated rings. The van der Waals surface area contributed by atoms with E-state index in [0.29, 0.717) is 19.3 Å². The maximum absolute atomic E-state index is 13.9. The van der Waals surface area contributed by atoms with Crippen LogP contribution in [0, 0.1) is 12.3 Å². The number of β-amino-alcohol motifs (C(OH)–C–C–N with tert-alkyl or cyclic N) is 1. The molecule has 3 amide bonds. The van der Waals surface area contributed by atoms with Crippen LogP contribution in [0.5, 0.6) is 0 Å². The van der Waals surface area contributed by atoms with Crippen molar-refractivity contribution in [1.82, 2.24) is 20.5 Å². The van der Waals surface area contributed by atoms with Gasteiger partial charge in [-0.3, -0.25) is 19.2 Å². The van der Waals surface area contributed by atoms with Gasteiger partial charge >= 0.3 is 5.97 Å². The van der Waals surface area contributed by atoms with E-state index in [0.717, 1.165) is 60.2 Å². The van der Waals surface area contributed by atoms with Gasteiger partial charge in [0.1, 0.15) is 12.1 Å². The molecule has 2 heterocycles. The largest absolute Gasteiger partial charge is 0.481 e. The zero-order chi connectivity index (χ0) is 33.9. The van der Waals surface area contributed by atoms with Gasteiger partial charge in [0, 0.05) is 25.8 Å². The quantitative estimate of drug-likeness (QED) is 0.158. The molecule has 4 atom stereocenters. The number of rotatable bonds is 17. The molecular weight excluding hydrogens is 604 g/mol. The minimum absolute atomic E-state index is 0.0347. The number of aryl methyl sites for hydroxylation is 1. The number of aromatic nitrogens is 1. The number of hydrogen-bond donors (Lipinski definition) is 4. The van der Waals surface area contributed by atoms with Crippen molar-refractivity contribution in [2.24, 2.45) is 5.41 Å². The van der Waals surface area contributed by atoms with Gasteiger partial charge in [-0.15, -0.1) is 11.3 Å². The van der Waals surface area contributed by atoms with Crippen LogP contribution >= 0.6 is 11.3 Å².